The Bertz CT molecular complexity index is 622. The van der Waals surface area contributed by atoms with Gasteiger partial charge in [-0.3, -0.25) is 0 Å². The van der Waals surface area contributed by atoms with Crippen LogP contribution in [0, 0.1) is 0 Å². The fraction of sp³-hybridized carbons (Fsp3) is 0.167. The number of aromatic nitrogens is 2. The molecule has 6 heteroatoms. The topological polar surface area (TPSA) is 90.2 Å². The van der Waals surface area contributed by atoms with Crippen molar-refractivity contribution < 1.29 is 9.47 Å². The maximum atomic E-state index is 11.3. The summed E-state index contributed by atoms with van der Waals surface area (Å²) in [5.74, 6) is 1.41. The Labute approximate surface area is 103 Å². The van der Waals surface area contributed by atoms with Crippen LogP contribution in [-0.2, 0) is 0 Å². The fourth-order valence-electron chi connectivity index (χ4n) is 1.65. The van der Waals surface area contributed by atoms with Crippen LogP contribution >= 0.6 is 0 Å². The van der Waals surface area contributed by atoms with E-state index in [0.29, 0.717) is 22.8 Å². The number of hydrogen-bond donors (Lipinski definition) is 2. The van der Waals surface area contributed by atoms with Gasteiger partial charge >= 0.3 is 5.69 Å². The maximum absolute atomic E-state index is 11.3. The molecule has 0 amide bonds. The Kier molecular flexibility index (Phi) is 3.18. The summed E-state index contributed by atoms with van der Waals surface area (Å²) in [6.07, 6.45) is 0. The Hall–Kier alpha value is -2.50. The number of nitrogens with one attached hydrogen (secondary N) is 1. The predicted octanol–water partition coefficient (Wildman–Crippen LogP) is 1.04. The Balaban J connectivity index is 2.64. The second-order valence-corrected chi connectivity index (χ2v) is 3.59. The number of anilines is 1. The fourth-order valence-corrected chi connectivity index (χ4v) is 1.65. The molecule has 0 bridgehead atoms. The first kappa shape index (κ1) is 12.0. The quantitative estimate of drug-likeness (QED) is 0.845. The van der Waals surface area contributed by atoms with Crippen LogP contribution in [0.3, 0.4) is 0 Å². The summed E-state index contributed by atoms with van der Waals surface area (Å²) in [5, 5.41) is 0. The minimum absolute atomic E-state index is 0.152. The molecule has 0 aliphatic heterocycles. The Morgan fingerprint density at radius 3 is 2.61 bits per heavy atom. The van der Waals surface area contributed by atoms with E-state index in [1.54, 1.807) is 38.5 Å². The van der Waals surface area contributed by atoms with Crippen molar-refractivity contribution in [2.75, 3.05) is 20.0 Å². The molecular weight excluding hydrogens is 234 g/mol. The molecule has 0 saturated carbocycles. The van der Waals surface area contributed by atoms with Crippen molar-refractivity contribution in [3.05, 3.63) is 34.7 Å². The van der Waals surface area contributed by atoms with Crippen molar-refractivity contribution >= 4 is 5.82 Å². The van der Waals surface area contributed by atoms with Gasteiger partial charge < -0.3 is 20.2 Å². The van der Waals surface area contributed by atoms with Crippen molar-refractivity contribution in [3.8, 4) is 22.8 Å². The number of nitrogens with two attached hydrogens (primary N) is 1. The maximum Gasteiger partial charge on any atom is 0.347 e. The standard InChI is InChI=1S/C12H13N3O3/c1-17-7-3-4-10(18-2)8(5-7)9-6-11(13)15-12(16)14-9/h3-6H,1-2H3,(H3,13,14,15,16). The second kappa shape index (κ2) is 4.79. The van der Waals surface area contributed by atoms with E-state index >= 15 is 0 Å². The first-order valence-electron chi connectivity index (χ1n) is 5.23. The minimum atomic E-state index is -0.505. The van der Waals surface area contributed by atoms with E-state index in [4.69, 9.17) is 15.2 Å². The summed E-state index contributed by atoms with van der Waals surface area (Å²) >= 11 is 0. The molecule has 2 aromatic rings. The molecule has 0 aliphatic rings. The molecule has 2 rings (SSSR count). The third-order valence-corrected chi connectivity index (χ3v) is 2.46. The summed E-state index contributed by atoms with van der Waals surface area (Å²) in [5.41, 5.74) is 6.27. The van der Waals surface area contributed by atoms with Gasteiger partial charge in [-0.05, 0) is 18.2 Å². The van der Waals surface area contributed by atoms with Gasteiger partial charge in [0.05, 0.1) is 19.9 Å². The number of aromatic amines is 1. The van der Waals surface area contributed by atoms with Crippen LogP contribution in [0.2, 0.25) is 0 Å². The molecule has 1 heterocycles. The van der Waals surface area contributed by atoms with E-state index in [1.165, 1.54) is 0 Å². The van der Waals surface area contributed by atoms with E-state index in [9.17, 15) is 4.79 Å². The molecule has 1 aromatic carbocycles. The Morgan fingerprint density at radius 2 is 2.00 bits per heavy atom. The summed E-state index contributed by atoms with van der Waals surface area (Å²) in [4.78, 5) is 17.5. The molecule has 3 N–H and O–H groups in total. The molecule has 0 fully saturated rings. The summed E-state index contributed by atoms with van der Waals surface area (Å²) in [6, 6.07) is 6.84. The van der Waals surface area contributed by atoms with Crippen molar-refractivity contribution in [3.63, 3.8) is 0 Å². The number of rotatable bonds is 3. The minimum Gasteiger partial charge on any atom is -0.497 e. The number of nitrogens with zero attached hydrogens (tertiary/aromatic N) is 1. The van der Waals surface area contributed by atoms with E-state index in [-0.39, 0.29) is 5.82 Å². The van der Waals surface area contributed by atoms with Crippen LogP contribution in [-0.4, -0.2) is 24.2 Å². The average molecular weight is 247 g/mol. The van der Waals surface area contributed by atoms with Crippen molar-refractivity contribution in [2.24, 2.45) is 0 Å². The number of ether oxygens (including phenoxy) is 2. The smallest absolute Gasteiger partial charge is 0.347 e. The predicted molar refractivity (Wildman–Crippen MR) is 67.8 cm³/mol. The lowest BCUT2D eigenvalue weighted by atomic mass is 10.1. The van der Waals surface area contributed by atoms with Crippen molar-refractivity contribution in [2.45, 2.75) is 0 Å². The van der Waals surface area contributed by atoms with Gasteiger partial charge in [0, 0.05) is 11.6 Å². The number of benzene rings is 1. The SMILES string of the molecule is COc1ccc(OC)c(-c2cc(N)nc(=O)[nH]2)c1. The Morgan fingerprint density at radius 1 is 1.22 bits per heavy atom. The molecule has 0 saturated heterocycles. The van der Waals surface area contributed by atoms with Gasteiger partial charge in [0.15, 0.2) is 0 Å². The van der Waals surface area contributed by atoms with Crippen molar-refractivity contribution in [1.82, 2.24) is 9.97 Å². The highest BCUT2D eigenvalue weighted by atomic mass is 16.5. The van der Waals surface area contributed by atoms with Crippen LogP contribution in [0.1, 0.15) is 0 Å². The van der Waals surface area contributed by atoms with E-state index in [1.807, 2.05) is 0 Å². The van der Waals surface area contributed by atoms with E-state index in [2.05, 4.69) is 9.97 Å². The van der Waals surface area contributed by atoms with Crippen LogP contribution < -0.4 is 20.9 Å². The van der Waals surface area contributed by atoms with Crippen LogP contribution in [0.25, 0.3) is 11.3 Å². The molecule has 1 aromatic heterocycles. The largest absolute Gasteiger partial charge is 0.497 e. The molecule has 0 unspecified atom stereocenters. The van der Waals surface area contributed by atoms with Crippen LogP contribution in [0.5, 0.6) is 11.5 Å². The number of methoxy groups -OCH3 is 2. The number of nitrogen functional groups attached to an aromatic ring is 1. The lowest BCUT2D eigenvalue weighted by Crippen LogP contribution is -2.13. The van der Waals surface area contributed by atoms with Gasteiger partial charge in [-0.15, -0.1) is 0 Å². The summed E-state index contributed by atoms with van der Waals surface area (Å²) < 4.78 is 10.4. The molecular formula is C12H13N3O3. The lowest BCUT2D eigenvalue weighted by molar-refractivity contribution is 0.404. The monoisotopic (exact) mass is 247 g/mol. The molecule has 94 valence electrons. The average Bonchev–Trinajstić information content (AvgIpc) is 2.36. The first-order valence-corrected chi connectivity index (χ1v) is 5.23. The second-order valence-electron chi connectivity index (χ2n) is 3.59. The molecule has 0 atom stereocenters. The van der Waals surface area contributed by atoms with E-state index in [0.717, 1.165) is 0 Å². The van der Waals surface area contributed by atoms with Gasteiger partial charge in [-0.25, -0.2) is 4.79 Å². The van der Waals surface area contributed by atoms with Gasteiger partial charge in [-0.1, -0.05) is 0 Å². The molecule has 6 nitrogen and oxygen atoms in total. The van der Waals surface area contributed by atoms with Crippen molar-refractivity contribution in [1.29, 1.82) is 0 Å². The van der Waals surface area contributed by atoms with Gasteiger partial charge in [-0.2, -0.15) is 4.98 Å². The third-order valence-electron chi connectivity index (χ3n) is 2.46. The number of hydrogen-bond acceptors (Lipinski definition) is 5. The van der Waals surface area contributed by atoms with Gasteiger partial charge in [0.25, 0.3) is 0 Å². The highest BCUT2D eigenvalue weighted by molar-refractivity contribution is 5.70. The van der Waals surface area contributed by atoms with Gasteiger partial charge in [0.2, 0.25) is 0 Å². The molecule has 0 spiro atoms. The molecule has 18 heavy (non-hydrogen) atoms. The molecule has 0 aliphatic carbocycles. The zero-order chi connectivity index (χ0) is 13.1. The van der Waals surface area contributed by atoms with E-state index < -0.39 is 5.69 Å². The molecule has 0 radical (unpaired) electrons. The van der Waals surface area contributed by atoms with Crippen LogP contribution in [0.15, 0.2) is 29.1 Å². The highest BCUT2D eigenvalue weighted by Gasteiger charge is 2.09. The zero-order valence-corrected chi connectivity index (χ0v) is 10.1. The van der Waals surface area contributed by atoms with Crippen LogP contribution in [0.4, 0.5) is 5.82 Å². The highest BCUT2D eigenvalue weighted by Crippen LogP contribution is 2.32. The lowest BCUT2D eigenvalue weighted by Gasteiger charge is -2.10. The van der Waals surface area contributed by atoms with Gasteiger partial charge in [0.1, 0.15) is 17.3 Å². The summed E-state index contributed by atoms with van der Waals surface area (Å²) in [7, 11) is 3.11. The summed E-state index contributed by atoms with van der Waals surface area (Å²) in [6.45, 7) is 0. The first-order chi connectivity index (χ1) is 8.63. The number of H-pyrrole nitrogens is 1. The normalized spacial score (nSPS) is 10.1. The zero-order valence-electron chi connectivity index (χ0n) is 10.1. The third kappa shape index (κ3) is 2.27.